The topological polar surface area (TPSA) is 70.7 Å². The van der Waals surface area contributed by atoms with Crippen LogP contribution in [0.4, 0.5) is 0 Å². The van der Waals surface area contributed by atoms with Gasteiger partial charge in [0, 0.05) is 16.7 Å². The molecule has 0 bridgehead atoms. The number of fused-ring (bicyclic) bond motifs is 5. The molecule has 1 aromatic heterocycles. The Morgan fingerprint density at radius 3 is 2.53 bits per heavy atom. The van der Waals surface area contributed by atoms with Gasteiger partial charge in [-0.2, -0.15) is 0 Å². The molecule has 2 fully saturated rings. The molecule has 4 aliphatic rings. The summed E-state index contributed by atoms with van der Waals surface area (Å²) >= 11 is 0. The fraction of sp³-hybridized carbons (Fsp3) is 0.654. The number of allylic oxidation sites excluding steroid dienone is 3. The lowest BCUT2D eigenvalue weighted by Gasteiger charge is -2.67. The van der Waals surface area contributed by atoms with Crippen LogP contribution in [0.25, 0.3) is 0 Å². The molecular weight excluding hydrogens is 376 g/mol. The van der Waals surface area contributed by atoms with E-state index in [0.29, 0.717) is 5.92 Å². The second-order valence-electron chi connectivity index (χ2n) is 11.5. The maximum Gasteiger partial charge on any atom is 0.161 e. The summed E-state index contributed by atoms with van der Waals surface area (Å²) in [5.74, 6) is 0.241. The van der Waals surface area contributed by atoms with Gasteiger partial charge in [-0.15, -0.1) is 0 Å². The molecule has 2 N–H and O–H groups in total. The number of aliphatic hydroxyl groups is 2. The molecule has 8 atom stereocenters. The average molecular weight is 411 g/mol. The van der Waals surface area contributed by atoms with E-state index in [1.54, 1.807) is 12.3 Å². The van der Waals surface area contributed by atoms with Crippen molar-refractivity contribution in [1.29, 1.82) is 0 Å². The van der Waals surface area contributed by atoms with E-state index < -0.39 is 23.0 Å². The van der Waals surface area contributed by atoms with Gasteiger partial charge in [-0.05, 0) is 59.6 Å². The smallest absolute Gasteiger partial charge is 0.161 e. The van der Waals surface area contributed by atoms with E-state index in [-0.39, 0.29) is 28.4 Å². The van der Waals surface area contributed by atoms with Gasteiger partial charge in [-0.25, -0.2) is 0 Å². The van der Waals surface area contributed by atoms with Gasteiger partial charge in [-0.3, -0.25) is 4.79 Å². The zero-order valence-corrected chi connectivity index (χ0v) is 18.7. The van der Waals surface area contributed by atoms with Gasteiger partial charge in [0.25, 0.3) is 0 Å². The molecule has 0 aromatic carbocycles. The lowest BCUT2D eigenvalue weighted by Crippen LogP contribution is -2.69. The van der Waals surface area contributed by atoms with E-state index >= 15 is 0 Å². The third-order valence-corrected chi connectivity index (χ3v) is 9.85. The van der Waals surface area contributed by atoms with Gasteiger partial charge in [-0.1, -0.05) is 52.3 Å². The highest BCUT2D eigenvalue weighted by Gasteiger charge is 2.70. The van der Waals surface area contributed by atoms with Crippen molar-refractivity contribution in [3.8, 4) is 0 Å². The second kappa shape index (κ2) is 5.98. The molecule has 0 amide bonds. The fourth-order valence-electron chi connectivity index (χ4n) is 8.46. The first-order valence-corrected chi connectivity index (χ1v) is 11.3. The molecule has 5 rings (SSSR count). The van der Waals surface area contributed by atoms with E-state index in [1.165, 1.54) is 11.1 Å². The van der Waals surface area contributed by atoms with E-state index in [1.807, 2.05) is 20.1 Å². The SMILES string of the molecule is CC1(C)C(=O)C=CC2(C)C1C(O)C(O)C1(C)C3=CCC(c4ccoc4)C3(C)CCC21. The molecule has 4 heteroatoms. The third-order valence-electron chi connectivity index (χ3n) is 9.85. The Hall–Kier alpha value is -1.65. The number of carbonyl (C=O) groups excluding carboxylic acids is 1. The molecule has 0 radical (unpaired) electrons. The van der Waals surface area contributed by atoms with Crippen LogP contribution in [0.5, 0.6) is 0 Å². The van der Waals surface area contributed by atoms with Crippen molar-refractivity contribution in [3.05, 3.63) is 48.0 Å². The highest BCUT2D eigenvalue weighted by molar-refractivity contribution is 5.96. The zero-order valence-electron chi connectivity index (χ0n) is 18.7. The highest BCUT2D eigenvalue weighted by atomic mass is 16.3. The van der Waals surface area contributed by atoms with Crippen molar-refractivity contribution >= 4 is 5.78 Å². The molecule has 8 unspecified atom stereocenters. The Labute approximate surface area is 179 Å². The summed E-state index contributed by atoms with van der Waals surface area (Å²) in [6.07, 6.45) is 10.8. The van der Waals surface area contributed by atoms with Crippen LogP contribution in [0.15, 0.2) is 46.8 Å². The van der Waals surface area contributed by atoms with Crippen molar-refractivity contribution in [2.75, 3.05) is 0 Å². The van der Waals surface area contributed by atoms with Crippen molar-refractivity contribution in [2.45, 2.75) is 72.0 Å². The molecule has 2 saturated carbocycles. The fourth-order valence-corrected chi connectivity index (χ4v) is 8.46. The highest BCUT2D eigenvalue weighted by Crippen LogP contribution is 2.72. The number of hydrogen-bond donors (Lipinski definition) is 2. The van der Waals surface area contributed by atoms with Gasteiger partial charge in [0.05, 0.1) is 24.7 Å². The summed E-state index contributed by atoms with van der Waals surface area (Å²) in [6.45, 7) is 10.5. The summed E-state index contributed by atoms with van der Waals surface area (Å²) in [5, 5.41) is 23.1. The Morgan fingerprint density at radius 2 is 1.87 bits per heavy atom. The van der Waals surface area contributed by atoms with E-state index in [2.05, 4.69) is 39.0 Å². The van der Waals surface area contributed by atoms with Crippen LogP contribution in [-0.2, 0) is 4.79 Å². The molecule has 0 aliphatic heterocycles. The standard InChI is InChI=1S/C26H34O4/c1-23(2)19(27)9-12-25(4)18-8-11-24(3)16(15-10-13-30-14-15)6-7-17(24)26(18,5)22(29)20(28)21(23)25/h7,9-10,12-14,16,18,20-22,28-29H,6,8,11H2,1-5H3. The van der Waals surface area contributed by atoms with E-state index in [0.717, 1.165) is 19.3 Å². The van der Waals surface area contributed by atoms with Crippen molar-refractivity contribution in [2.24, 2.45) is 33.5 Å². The number of aliphatic hydroxyl groups excluding tert-OH is 2. The minimum Gasteiger partial charge on any atom is -0.472 e. The van der Waals surface area contributed by atoms with Crippen LogP contribution in [0, 0.1) is 33.5 Å². The molecule has 162 valence electrons. The molecule has 1 aromatic rings. The number of furan rings is 1. The Balaban J connectivity index is 1.64. The normalized spacial score (nSPS) is 49.2. The molecule has 4 nitrogen and oxygen atoms in total. The zero-order chi connectivity index (χ0) is 21.7. The van der Waals surface area contributed by atoms with Crippen LogP contribution in [0.2, 0.25) is 0 Å². The summed E-state index contributed by atoms with van der Waals surface area (Å²) in [6, 6.07) is 2.06. The maximum absolute atomic E-state index is 12.7. The summed E-state index contributed by atoms with van der Waals surface area (Å²) in [4.78, 5) is 12.7. The monoisotopic (exact) mass is 410 g/mol. The molecule has 30 heavy (non-hydrogen) atoms. The lowest BCUT2D eigenvalue weighted by molar-refractivity contribution is -0.216. The predicted molar refractivity (Wildman–Crippen MR) is 115 cm³/mol. The van der Waals surface area contributed by atoms with Crippen LogP contribution in [0.1, 0.15) is 65.4 Å². The molecule has 0 saturated heterocycles. The summed E-state index contributed by atoms with van der Waals surface area (Å²) in [7, 11) is 0. The Bertz CT molecular complexity index is 940. The minimum atomic E-state index is -0.948. The number of carbonyl (C=O) groups is 1. The van der Waals surface area contributed by atoms with E-state index in [4.69, 9.17) is 4.42 Å². The first-order chi connectivity index (χ1) is 14.0. The largest absolute Gasteiger partial charge is 0.472 e. The van der Waals surface area contributed by atoms with Crippen molar-refractivity contribution in [3.63, 3.8) is 0 Å². The first kappa shape index (κ1) is 20.3. The van der Waals surface area contributed by atoms with Crippen LogP contribution in [0.3, 0.4) is 0 Å². The maximum atomic E-state index is 12.7. The number of ketones is 1. The van der Waals surface area contributed by atoms with Crippen LogP contribution >= 0.6 is 0 Å². The summed E-state index contributed by atoms with van der Waals surface area (Å²) in [5.41, 5.74) is 0.854. The molecular formula is C26H34O4. The molecule has 0 spiro atoms. The summed E-state index contributed by atoms with van der Waals surface area (Å²) < 4.78 is 5.39. The van der Waals surface area contributed by atoms with Crippen LogP contribution < -0.4 is 0 Å². The minimum absolute atomic E-state index is 0.0422. The third kappa shape index (κ3) is 2.17. The lowest BCUT2D eigenvalue weighted by atomic mass is 9.38. The van der Waals surface area contributed by atoms with Gasteiger partial charge in [0.2, 0.25) is 0 Å². The quantitative estimate of drug-likeness (QED) is 0.662. The van der Waals surface area contributed by atoms with E-state index in [9.17, 15) is 15.0 Å². The van der Waals surface area contributed by atoms with Gasteiger partial charge in [0.15, 0.2) is 5.78 Å². The number of hydrogen-bond acceptors (Lipinski definition) is 4. The van der Waals surface area contributed by atoms with Gasteiger partial charge in [0.1, 0.15) is 0 Å². The molecule has 4 aliphatic carbocycles. The van der Waals surface area contributed by atoms with Gasteiger partial charge >= 0.3 is 0 Å². The Morgan fingerprint density at radius 1 is 1.13 bits per heavy atom. The van der Waals surface area contributed by atoms with Crippen molar-refractivity contribution in [1.82, 2.24) is 0 Å². The molecule has 1 heterocycles. The number of rotatable bonds is 1. The predicted octanol–water partition coefficient (Wildman–Crippen LogP) is 4.64. The Kier molecular flexibility index (Phi) is 4.04. The second-order valence-corrected chi connectivity index (χ2v) is 11.5. The van der Waals surface area contributed by atoms with Crippen molar-refractivity contribution < 1.29 is 19.4 Å². The average Bonchev–Trinajstić information content (AvgIpc) is 3.31. The van der Waals surface area contributed by atoms with Crippen LogP contribution in [-0.4, -0.2) is 28.2 Å². The first-order valence-electron chi connectivity index (χ1n) is 11.3. The van der Waals surface area contributed by atoms with Gasteiger partial charge < -0.3 is 14.6 Å².